The molecule has 1 aromatic heterocycles. The fourth-order valence-electron chi connectivity index (χ4n) is 2.66. The first kappa shape index (κ1) is 16.4. The second-order valence-corrected chi connectivity index (χ2v) is 6.80. The van der Waals surface area contributed by atoms with Crippen LogP contribution in [0.1, 0.15) is 15.9 Å². The van der Waals surface area contributed by atoms with Gasteiger partial charge in [-0.15, -0.1) is 0 Å². The standard InChI is InChI=1S/C22H16N2OS/c25-20(16-9-3-1-4-10-16)15-21(17-11-5-2-6-12-17)26-22-23-18-13-7-8-14-19(18)24-22/h1-15H,(H,23,24)/b21-15-. The van der Waals surface area contributed by atoms with E-state index in [1.807, 2.05) is 84.9 Å². The molecule has 0 atom stereocenters. The molecule has 1 heterocycles. The number of carbonyl (C=O) groups is 1. The Kier molecular flexibility index (Phi) is 4.67. The minimum atomic E-state index is -0.0203. The number of nitrogens with one attached hydrogen (secondary N) is 1. The van der Waals surface area contributed by atoms with Gasteiger partial charge in [-0.3, -0.25) is 4.79 Å². The van der Waals surface area contributed by atoms with Crippen molar-refractivity contribution >= 4 is 33.5 Å². The lowest BCUT2D eigenvalue weighted by molar-refractivity contribution is 0.104. The molecule has 126 valence electrons. The van der Waals surface area contributed by atoms with Crippen LogP contribution >= 0.6 is 11.8 Å². The molecule has 0 radical (unpaired) electrons. The first-order valence-electron chi connectivity index (χ1n) is 8.29. The summed E-state index contributed by atoms with van der Waals surface area (Å²) >= 11 is 1.46. The summed E-state index contributed by atoms with van der Waals surface area (Å²) in [5.74, 6) is -0.0203. The minimum Gasteiger partial charge on any atom is -0.333 e. The molecule has 1 N–H and O–H groups in total. The van der Waals surface area contributed by atoms with Crippen LogP contribution in [0.2, 0.25) is 0 Å². The molecule has 0 aliphatic rings. The maximum atomic E-state index is 12.7. The Morgan fingerprint density at radius 1 is 0.808 bits per heavy atom. The van der Waals surface area contributed by atoms with Gasteiger partial charge in [-0.25, -0.2) is 4.98 Å². The van der Waals surface area contributed by atoms with Gasteiger partial charge in [0.05, 0.1) is 11.0 Å². The van der Waals surface area contributed by atoms with E-state index in [-0.39, 0.29) is 5.78 Å². The van der Waals surface area contributed by atoms with Crippen LogP contribution in [0, 0.1) is 0 Å². The number of thioether (sulfide) groups is 1. The fourth-order valence-corrected chi connectivity index (χ4v) is 3.59. The van der Waals surface area contributed by atoms with Crippen molar-refractivity contribution in [3.63, 3.8) is 0 Å². The molecule has 0 bridgehead atoms. The van der Waals surface area contributed by atoms with Gasteiger partial charge in [0.2, 0.25) is 0 Å². The smallest absolute Gasteiger partial charge is 0.186 e. The summed E-state index contributed by atoms with van der Waals surface area (Å²) in [6.07, 6.45) is 1.68. The molecule has 4 rings (SSSR count). The number of rotatable bonds is 5. The Labute approximate surface area is 155 Å². The van der Waals surface area contributed by atoms with E-state index in [1.54, 1.807) is 6.08 Å². The molecular weight excluding hydrogens is 340 g/mol. The molecule has 4 aromatic rings. The van der Waals surface area contributed by atoms with Crippen LogP contribution in [-0.2, 0) is 0 Å². The molecule has 0 fully saturated rings. The summed E-state index contributed by atoms with van der Waals surface area (Å²) in [5.41, 5.74) is 3.56. The van der Waals surface area contributed by atoms with Crippen LogP contribution in [0.4, 0.5) is 0 Å². The average molecular weight is 356 g/mol. The third kappa shape index (κ3) is 3.60. The maximum absolute atomic E-state index is 12.7. The highest BCUT2D eigenvalue weighted by molar-refractivity contribution is 8.08. The van der Waals surface area contributed by atoms with E-state index in [0.29, 0.717) is 5.56 Å². The van der Waals surface area contributed by atoms with Crippen molar-refractivity contribution in [1.82, 2.24) is 9.97 Å². The number of hydrogen-bond donors (Lipinski definition) is 1. The van der Waals surface area contributed by atoms with Crippen LogP contribution in [0.3, 0.4) is 0 Å². The Morgan fingerprint density at radius 3 is 2.12 bits per heavy atom. The van der Waals surface area contributed by atoms with Crippen LogP contribution in [0.15, 0.2) is 96.2 Å². The summed E-state index contributed by atoms with van der Waals surface area (Å²) in [6.45, 7) is 0. The van der Waals surface area contributed by atoms with E-state index < -0.39 is 0 Å². The third-order valence-corrected chi connectivity index (χ3v) is 4.91. The topological polar surface area (TPSA) is 45.8 Å². The van der Waals surface area contributed by atoms with Gasteiger partial charge in [0.1, 0.15) is 0 Å². The average Bonchev–Trinajstić information content (AvgIpc) is 3.11. The zero-order valence-electron chi connectivity index (χ0n) is 13.9. The van der Waals surface area contributed by atoms with E-state index in [0.717, 1.165) is 26.7 Å². The van der Waals surface area contributed by atoms with Crippen molar-refractivity contribution in [2.45, 2.75) is 5.16 Å². The quantitative estimate of drug-likeness (QED) is 0.288. The largest absolute Gasteiger partial charge is 0.333 e. The predicted molar refractivity (Wildman–Crippen MR) is 107 cm³/mol. The number of H-pyrrole nitrogens is 1. The molecule has 26 heavy (non-hydrogen) atoms. The Bertz CT molecular complexity index is 1040. The lowest BCUT2D eigenvalue weighted by Crippen LogP contribution is -1.95. The molecule has 0 saturated heterocycles. The van der Waals surface area contributed by atoms with Crippen LogP contribution in [-0.4, -0.2) is 15.8 Å². The number of hydrogen-bond acceptors (Lipinski definition) is 3. The van der Waals surface area contributed by atoms with Crippen LogP contribution < -0.4 is 0 Å². The highest BCUT2D eigenvalue weighted by atomic mass is 32.2. The van der Waals surface area contributed by atoms with Crippen molar-refractivity contribution in [3.8, 4) is 0 Å². The summed E-state index contributed by atoms with van der Waals surface area (Å²) in [5, 5.41) is 0.766. The second kappa shape index (κ2) is 7.42. The zero-order valence-corrected chi connectivity index (χ0v) is 14.7. The number of para-hydroxylation sites is 2. The van der Waals surface area contributed by atoms with E-state index >= 15 is 0 Å². The second-order valence-electron chi connectivity index (χ2n) is 5.77. The van der Waals surface area contributed by atoms with Crippen molar-refractivity contribution in [1.29, 1.82) is 0 Å². The molecule has 0 unspecified atom stereocenters. The van der Waals surface area contributed by atoms with Gasteiger partial charge >= 0.3 is 0 Å². The number of ketones is 1. The lowest BCUT2D eigenvalue weighted by Gasteiger charge is -2.06. The van der Waals surface area contributed by atoms with Gasteiger partial charge in [0, 0.05) is 16.5 Å². The van der Waals surface area contributed by atoms with E-state index in [9.17, 15) is 4.79 Å². The van der Waals surface area contributed by atoms with Crippen LogP contribution in [0.5, 0.6) is 0 Å². The van der Waals surface area contributed by atoms with Gasteiger partial charge in [0.15, 0.2) is 10.9 Å². The SMILES string of the molecule is O=C(/C=C(\Sc1nc2ccccc2[nH]1)c1ccccc1)c1ccccc1. The summed E-state index contributed by atoms with van der Waals surface area (Å²) in [6, 6.07) is 27.1. The number of benzene rings is 3. The number of imidazole rings is 1. The van der Waals surface area contributed by atoms with Crippen molar-refractivity contribution in [2.75, 3.05) is 0 Å². The maximum Gasteiger partial charge on any atom is 0.186 e. The van der Waals surface area contributed by atoms with E-state index in [1.165, 1.54) is 11.8 Å². The molecule has 4 heteroatoms. The summed E-state index contributed by atoms with van der Waals surface area (Å²) in [4.78, 5) is 21.5. The normalized spacial score (nSPS) is 11.6. The number of fused-ring (bicyclic) bond motifs is 1. The van der Waals surface area contributed by atoms with Crippen LogP contribution in [0.25, 0.3) is 15.9 Å². The van der Waals surface area contributed by atoms with Gasteiger partial charge in [0.25, 0.3) is 0 Å². The summed E-state index contributed by atoms with van der Waals surface area (Å²) < 4.78 is 0. The van der Waals surface area contributed by atoms with Crippen molar-refractivity contribution in [2.24, 2.45) is 0 Å². The van der Waals surface area contributed by atoms with E-state index in [2.05, 4.69) is 9.97 Å². The van der Waals surface area contributed by atoms with Gasteiger partial charge in [-0.1, -0.05) is 84.6 Å². The first-order chi connectivity index (χ1) is 12.8. The number of carbonyl (C=O) groups excluding carboxylic acids is 1. The Hall–Kier alpha value is -3.11. The van der Waals surface area contributed by atoms with Gasteiger partial charge in [-0.05, 0) is 17.7 Å². The first-order valence-corrected chi connectivity index (χ1v) is 9.10. The molecule has 0 spiro atoms. The molecule has 3 aromatic carbocycles. The summed E-state index contributed by atoms with van der Waals surface area (Å²) in [7, 11) is 0. The van der Waals surface area contributed by atoms with E-state index in [4.69, 9.17) is 0 Å². The molecule has 0 amide bonds. The molecule has 0 aliphatic carbocycles. The Balaban J connectivity index is 1.71. The highest BCUT2D eigenvalue weighted by Gasteiger charge is 2.11. The molecular formula is C22H16N2OS. The number of aromatic nitrogens is 2. The number of allylic oxidation sites excluding steroid dienone is 1. The third-order valence-electron chi connectivity index (χ3n) is 3.95. The molecule has 3 nitrogen and oxygen atoms in total. The van der Waals surface area contributed by atoms with Crippen molar-refractivity contribution < 1.29 is 4.79 Å². The van der Waals surface area contributed by atoms with Gasteiger partial charge < -0.3 is 4.98 Å². The monoisotopic (exact) mass is 356 g/mol. The number of nitrogens with zero attached hydrogens (tertiary/aromatic N) is 1. The minimum absolute atomic E-state index is 0.0203. The highest BCUT2D eigenvalue weighted by Crippen LogP contribution is 2.34. The molecule has 0 saturated carbocycles. The van der Waals surface area contributed by atoms with Crippen molar-refractivity contribution in [3.05, 3.63) is 102 Å². The predicted octanol–water partition coefficient (Wildman–Crippen LogP) is 5.58. The molecule has 0 aliphatic heterocycles. The fraction of sp³-hybridized carbons (Fsp3) is 0. The number of aromatic amines is 1. The Morgan fingerprint density at radius 2 is 1.42 bits per heavy atom. The zero-order chi connectivity index (χ0) is 17.8. The lowest BCUT2D eigenvalue weighted by atomic mass is 10.1. The van der Waals surface area contributed by atoms with Gasteiger partial charge in [-0.2, -0.15) is 0 Å².